The summed E-state index contributed by atoms with van der Waals surface area (Å²) in [6.07, 6.45) is 4.40. The predicted molar refractivity (Wildman–Crippen MR) is 75.5 cm³/mol. The Bertz CT molecular complexity index is 466. The SMILES string of the molecule is COc1ccc(C(=O)N/N=C2/CCC[C@@H](C)C2)cc1. The Balaban J connectivity index is 1.94. The molecule has 102 valence electrons. The van der Waals surface area contributed by atoms with Crippen molar-refractivity contribution in [1.82, 2.24) is 5.43 Å². The van der Waals surface area contributed by atoms with Crippen LogP contribution in [0, 0.1) is 5.92 Å². The molecule has 0 heterocycles. The number of amides is 1. The number of hydrogen-bond acceptors (Lipinski definition) is 3. The highest BCUT2D eigenvalue weighted by atomic mass is 16.5. The van der Waals surface area contributed by atoms with E-state index in [1.807, 2.05) is 0 Å². The van der Waals surface area contributed by atoms with Gasteiger partial charge in [-0.1, -0.05) is 6.92 Å². The second-order valence-electron chi connectivity index (χ2n) is 5.05. The second-order valence-corrected chi connectivity index (χ2v) is 5.05. The number of ether oxygens (including phenoxy) is 1. The highest BCUT2D eigenvalue weighted by molar-refractivity contribution is 5.95. The summed E-state index contributed by atoms with van der Waals surface area (Å²) >= 11 is 0. The fourth-order valence-electron chi connectivity index (χ4n) is 2.30. The van der Waals surface area contributed by atoms with E-state index in [2.05, 4.69) is 17.5 Å². The minimum atomic E-state index is -0.173. The molecule has 1 aromatic rings. The standard InChI is InChI=1S/C15H20N2O2/c1-11-4-3-5-13(10-11)16-17-15(18)12-6-8-14(19-2)9-7-12/h6-9,11H,3-5,10H2,1-2H3,(H,17,18)/b16-13-/t11-/m1/s1. The first kappa shape index (κ1) is 13.6. The largest absolute Gasteiger partial charge is 0.497 e. The molecule has 19 heavy (non-hydrogen) atoms. The van der Waals surface area contributed by atoms with E-state index >= 15 is 0 Å². The van der Waals surface area contributed by atoms with Gasteiger partial charge in [0, 0.05) is 11.3 Å². The van der Waals surface area contributed by atoms with Crippen LogP contribution in [0.15, 0.2) is 29.4 Å². The molecule has 0 aliphatic heterocycles. The number of benzene rings is 1. The highest BCUT2D eigenvalue weighted by Gasteiger charge is 2.14. The maximum Gasteiger partial charge on any atom is 0.271 e. The van der Waals surface area contributed by atoms with E-state index in [0.717, 1.165) is 24.3 Å². The number of carbonyl (C=O) groups excluding carboxylic acids is 1. The van der Waals surface area contributed by atoms with Crippen LogP contribution in [-0.4, -0.2) is 18.7 Å². The zero-order chi connectivity index (χ0) is 13.7. The van der Waals surface area contributed by atoms with Crippen molar-refractivity contribution in [3.63, 3.8) is 0 Å². The zero-order valence-corrected chi connectivity index (χ0v) is 11.5. The summed E-state index contributed by atoms with van der Waals surface area (Å²) in [5.41, 5.74) is 4.32. The maximum atomic E-state index is 11.9. The third-order valence-electron chi connectivity index (χ3n) is 3.41. The lowest BCUT2D eigenvalue weighted by Gasteiger charge is -2.18. The summed E-state index contributed by atoms with van der Waals surface area (Å²) in [5, 5.41) is 4.24. The van der Waals surface area contributed by atoms with Gasteiger partial charge in [-0.05, 0) is 55.9 Å². The van der Waals surface area contributed by atoms with Crippen molar-refractivity contribution in [2.24, 2.45) is 11.0 Å². The number of methoxy groups -OCH3 is 1. The third kappa shape index (κ3) is 3.81. The van der Waals surface area contributed by atoms with Crippen LogP contribution < -0.4 is 10.2 Å². The van der Waals surface area contributed by atoms with Gasteiger partial charge >= 0.3 is 0 Å². The summed E-state index contributed by atoms with van der Waals surface area (Å²) in [6, 6.07) is 7.01. The Labute approximate surface area is 113 Å². The van der Waals surface area contributed by atoms with Gasteiger partial charge in [0.25, 0.3) is 5.91 Å². The van der Waals surface area contributed by atoms with Crippen molar-refractivity contribution in [3.8, 4) is 5.75 Å². The molecule has 1 saturated carbocycles. The van der Waals surface area contributed by atoms with Crippen LogP contribution in [-0.2, 0) is 0 Å². The molecule has 0 unspecified atom stereocenters. The van der Waals surface area contributed by atoms with Crippen molar-refractivity contribution in [2.75, 3.05) is 7.11 Å². The lowest BCUT2D eigenvalue weighted by Crippen LogP contribution is -2.22. The average Bonchev–Trinajstić information content (AvgIpc) is 2.45. The molecule has 1 aliphatic carbocycles. The number of carbonyl (C=O) groups is 1. The molecular weight excluding hydrogens is 240 g/mol. The number of rotatable bonds is 3. The van der Waals surface area contributed by atoms with Crippen molar-refractivity contribution in [1.29, 1.82) is 0 Å². The smallest absolute Gasteiger partial charge is 0.271 e. The van der Waals surface area contributed by atoms with Gasteiger partial charge in [0.1, 0.15) is 5.75 Å². The van der Waals surface area contributed by atoms with E-state index in [0.29, 0.717) is 11.5 Å². The van der Waals surface area contributed by atoms with Crippen molar-refractivity contribution in [2.45, 2.75) is 32.6 Å². The van der Waals surface area contributed by atoms with Gasteiger partial charge in [-0.2, -0.15) is 5.10 Å². The molecule has 1 amide bonds. The Morgan fingerprint density at radius 3 is 2.74 bits per heavy atom. The van der Waals surface area contributed by atoms with Crippen molar-refractivity contribution < 1.29 is 9.53 Å². The van der Waals surface area contributed by atoms with Crippen LogP contribution in [0.2, 0.25) is 0 Å². The zero-order valence-electron chi connectivity index (χ0n) is 11.5. The van der Waals surface area contributed by atoms with E-state index in [1.54, 1.807) is 31.4 Å². The summed E-state index contributed by atoms with van der Waals surface area (Å²) in [4.78, 5) is 11.9. The topological polar surface area (TPSA) is 50.7 Å². The van der Waals surface area contributed by atoms with Gasteiger partial charge in [0.15, 0.2) is 0 Å². The molecule has 1 fully saturated rings. The van der Waals surface area contributed by atoms with Crippen LogP contribution >= 0.6 is 0 Å². The summed E-state index contributed by atoms with van der Waals surface area (Å²) in [6.45, 7) is 2.22. The maximum absolute atomic E-state index is 11.9. The van der Waals surface area contributed by atoms with Crippen LogP contribution in [0.4, 0.5) is 0 Å². The van der Waals surface area contributed by atoms with Gasteiger partial charge in [-0.25, -0.2) is 5.43 Å². The Morgan fingerprint density at radius 1 is 1.37 bits per heavy atom. The fourth-order valence-corrected chi connectivity index (χ4v) is 2.30. The Morgan fingerprint density at radius 2 is 2.11 bits per heavy atom. The van der Waals surface area contributed by atoms with Gasteiger partial charge in [0.05, 0.1) is 7.11 Å². The Kier molecular flexibility index (Phi) is 4.55. The number of nitrogens with zero attached hydrogens (tertiary/aromatic N) is 1. The molecule has 0 radical (unpaired) electrons. The third-order valence-corrected chi connectivity index (χ3v) is 3.41. The molecule has 4 nitrogen and oxygen atoms in total. The predicted octanol–water partition coefficient (Wildman–Crippen LogP) is 2.99. The molecule has 0 saturated heterocycles. The molecule has 0 aromatic heterocycles. The van der Waals surface area contributed by atoms with Gasteiger partial charge in [-0.3, -0.25) is 4.79 Å². The molecule has 1 aromatic carbocycles. The number of hydrogen-bond donors (Lipinski definition) is 1. The number of hydrazone groups is 1. The van der Waals surface area contributed by atoms with Crippen LogP contribution in [0.25, 0.3) is 0 Å². The molecule has 0 bridgehead atoms. The van der Waals surface area contributed by atoms with Crippen molar-refractivity contribution >= 4 is 11.6 Å². The summed E-state index contributed by atoms with van der Waals surface area (Å²) in [5.74, 6) is 1.24. The van der Waals surface area contributed by atoms with E-state index in [9.17, 15) is 4.79 Å². The second kappa shape index (κ2) is 6.36. The fraction of sp³-hybridized carbons (Fsp3) is 0.467. The normalized spacial score (nSPS) is 21.2. The molecule has 0 spiro atoms. The molecule has 1 aliphatic rings. The first-order valence-corrected chi connectivity index (χ1v) is 6.69. The minimum Gasteiger partial charge on any atom is -0.497 e. The highest BCUT2D eigenvalue weighted by Crippen LogP contribution is 2.21. The summed E-state index contributed by atoms with van der Waals surface area (Å²) in [7, 11) is 1.60. The summed E-state index contributed by atoms with van der Waals surface area (Å²) < 4.78 is 5.06. The average molecular weight is 260 g/mol. The Hall–Kier alpha value is -1.84. The van der Waals surface area contributed by atoms with Gasteiger partial charge in [0.2, 0.25) is 0 Å². The first-order valence-electron chi connectivity index (χ1n) is 6.69. The van der Waals surface area contributed by atoms with Gasteiger partial charge in [-0.15, -0.1) is 0 Å². The lowest BCUT2D eigenvalue weighted by atomic mass is 9.89. The first-order chi connectivity index (χ1) is 9.19. The monoisotopic (exact) mass is 260 g/mol. The van der Waals surface area contributed by atoms with E-state index in [-0.39, 0.29) is 5.91 Å². The molecular formula is C15H20N2O2. The molecule has 2 rings (SSSR count). The van der Waals surface area contributed by atoms with Crippen LogP contribution in [0.1, 0.15) is 43.0 Å². The van der Waals surface area contributed by atoms with E-state index in [1.165, 1.54) is 12.8 Å². The molecule has 1 N–H and O–H groups in total. The molecule has 1 atom stereocenters. The van der Waals surface area contributed by atoms with Crippen molar-refractivity contribution in [3.05, 3.63) is 29.8 Å². The van der Waals surface area contributed by atoms with Crippen LogP contribution in [0.3, 0.4) is 0 Å². The lowest BCUT2D eigenvalue weighted by molar-refractivity contribution is 0.0954. The molecule has 4 heteroatoms. The minimum absolute atomic E-state index is 0.173. The van der Waals surface area contributed by atoms with E-state index < -0.39 is 0 Å². The van der Waals surface area contributed by atoms with E-state index in [4.69, 9.17) is 4.74 Å². The quantitative estimate of drug-likeness (QED) is 0.849. The number of nitrogens with one attached hydrogen (secondary N) is 1. The van der Waals surface area contributed by atoms with Crippen LogP contribution in [0.5, 0.6) is 5.75 Å². The van der Waals surface area contributed by atoms with Gasteiger partial charge < -0.3 is 4.74 Å².